The Hall–Kier alpha value is -1.33. The summed E-state index contributed by atoms with van der Waals surface area (Å²) < 4.78 is 5.45. The molecule has 2 rings (SSSR count). The quantitative estimate of drug-likeness (QED) is 0.850. The number of carbonyl (C=O) groups excluding carboxylic acids is 1. The van der Waals surface area contributed by atoms with Crippen LogP contribution in [-0.4, -0.2) is 48.1 Å². The number of hydrogen-bond acceptors (Lipinski definition) is 4. The zero-order valence-electron chi connectivity index (χ0n) is 12.6. The molecule has 1 N–H and O–H groups in total. The summed E-state index contributed by atoms with van der Waals surface area (Å²) in [6, 6.07) is 3.53. The number of aromatic nitrogens is 1. The summed E-state index contributed by atoms with van der Waals surface area (Å²) >= 11 is 6.04. The van der Waals surface area contributed by atoms with Crippen molar-refractivity contribution in [3.05, 3.63) is 22.8 Å². The molecular formula is C15H22ClN3O2. The largest absolute Gasteiger partial charge is 0.377 e. The Morgan fingerprint density at radius 3 is 3.05 bits per heavy atom. The summed E-state index contributed by atoms with van der Waals surface area (Å²) in [5.41, 5.74) is 0.578. The van der Waals surface area contributed by atoms with Crippen LogP contribution < -0.4 is 5.32 Å². The van der Waals surface area contributed by atoms with Crippen LogP contribution in [0.1, 0.15) is 37.0 Å². The van der Waals surface area contributed by atoms with Gasteiger partial charge in [0, 0.05) is 18.7 Å². The van der Waals surface area contributed by atoms with Gasteiger partial charge in [-0.3, -0.25) is 4.79 Å². The van der Waals surface area contributed by atoms with E-state index < -0.39 is 0 Å². The predicted octanol–water partition coefficient (Wildman–Crippen LogP) is 2.81. The lowest BCUT2D eigenvalue weighted by Crippen LogP contribution is -2.48. The lowest BCUT2D eigenvalue weighted by molar-refractivity contribution is -0.00279. The number of anilines is 1. The van der Waals surface area contributed by atoms with Gasteiger partial charge in [0.05, 0.1) is 19.3 Å². The van der Waals surface area contributed by atoms with Gasteiger partial charge in [-0.15, -0.1) is 0 Å². The normalized spacial score (nSPS) is 18.6. The fourth-order valence-corrected chi connectivity index (χ4v) is 2.60. The highest BCUT2D eigenvalue weighted by molar-refractivity contribution is 6.29. The van der Waals surface area contributed by atoms with E-state index >= 15 is 0 Å². The first-order chi connectivity index (χ1) is 10.2. The van der Waals surface area contributed by atoms with Crippen LogP contribution in [0.25, 0.3) is 0 Å². The Morgan fingerprint density at radius 2 is 2.33 bits per heavy atom. The third-order valence-corrected chi connectivity index (χ3v) is 3.75. The fourth-order valence-electron chi connectivity index (χ4n) is 2.39. The van der Waals surface area contributed by atoms with E-state index in [2.05, 4.69) is 24.1 Å². The Kier molecular flexibility index (Phi) is 5.82. The molecule has 1 unspecified atom stereocenters. The Morgan fingerprint density at radius 1 is 1.52 bits per heavy atom. The second-order valence-electron chi connectivity index (χ2n) is 5.13. The third kappa shape index (κ3) is 4.08. The summed E-state index contributed by atoms with van der Waals surface area (Å²) in [5.74, 6) is 0.642. The lowest BCUT2D eigenvalue weighted by Gasteiger charge is -2.35. The maximum atomic E-state index is 12.7. The highest BCUT2D eigenvalue weighted by Crippen LogP contribution is 2.19. The fraction of sp³-hybridized carbons (Fsp3) is 0.600. The smallest absolute Gasteiger partial charge is 0.254 e. The van der Waals surface area contributed by atoms with Gasteiger partial charge >= 0.3 is 0 Å². The molecule has 1 aliphatic rings. The summed E-state index contributed by atoms with van der Waals surface area (Å²) in [6.45, 7) is 6.74. The van der Waals surface area contributed by atoms with E-state index in [1.165, 1.54) is 0 Å². The van der Waals surface area contributed by atoms with Crippen molar-refractivity contribution in [3.8, 4) is 0 Å². The van der Waals surface area contributed by atoms with Crippen molar-refractivity contribution in [2.75, 3.05) is 31.6 Å². The lowest BCUT2D eigenvalue weighted by atomic mass is 10.1. The van der Waals surface area contributed by atoms with Crippen molar-refractivity contribution < 1.29 is 9.53 Å². The number of ether oxygens (including phenoxy) is 1. The number of morpholine rings is 1. The SMILES string of the molecule is CCCNc1cc(C(=O)N2CCOCC2CC)cc(Cl)n1. The Balaban J connectivity index is 2.19. The van der Waals surface area contributed by atoms with Gasteiger partial charge in [0.1, 0.15) is 11.0 Å². The van der Waals surface area contributed by atoms with Gasteiger partial charge in [-0.2, -0.15) is 0 Å². The summed E-state index contributed by atoms with van der Waals surface area (Å²) in [6.07, 6.45) is 1.87. The van der Waals surface area contributed by atoms with Crippen molar-refractivity contribution in [1.29, 1.82) is 0 Å². The third-order valence-electron chi connectivity index (χ3n) is 3.56. The maximum Gasteiger partial charge on any atom is 0.254 e. The first kappa shape index (κ1) is 16.0. The van der Waals surface area contributed by atoms with Crippen molar-refractivity contribution in [3.63, 3.8) is 0 Å². The van der Waals surface area contributed by atoms with E-state index in [0.29, 0.717) is 36.3 Å². The molecular weight excluding hydrogens is 290 g/mol. The van der Waals surface area contributed by atoms with E-state index in [1.807, 2.05) is 4.90 Å². The molecule has 6 heteroatoms. The number of hydrogen-bond donors (Lipinski definition) is 1. The van der Waals surface area contributed by atoms with Crippen LogP contribution >= 0.6 is 11.6 Å². The molecule has 5 nitrogen and oxygen atoms in total. The van der Waals surface area contributed by atoms with E-state index in [0.717, 1.165) is 19.4 Å². The number of nitrogens with one attached hydrogen (secondary N) is 1. The highest BCUT2D eigenvalue weighted by Gasteiger charge is 2.27. The van der Waals surface area contributed by atoms with Crippen LogP contribution in [0.4, 0.5) is 5.82 Å². The van der Waals surface area contributed by atoms with Gasteiger partial charge in [-0.1, -0.05) is 25.4 Å². The number of carbonyl (C=O) groups is 1. The molecule has 116 valence electrons. The zero-order valence-corrected chi connectivity index (χ0v) is 13.3. The Bertz CT molecular complexity index is 496. The molecule has 1 fully saturated rings. The number of halogens is 1. The molecule has 0 saturated carbocycles. The number of nitrogens with zero attached hydrogens (tertiary/aromatic N) is 2. The predicted molar refractivity (Wildman–Crippen MR) is 84.0 cm³/mol. The van der Waals surface area contributed by atoms with Crippen LogP contribution in [0.2, 0.25) is 5.15 Å². The highest BCUT2D eigenvalue weighted by atomic mass is 35.5. The first-order valence-electron chi connectivity index (χ1n) is 7.45. The van der Waals surface area contributed by atoms with Gasteiger partial charge in [0.2, 0.25) is 0 Å². The molecule has 2 heterocycles. The summed E-state index contributed by atoms with van der Waals surface area (Å²) in [7, 11) is 0. The van der Waals surface area contributed by atoms with Gasteiger partial charge in [-0.25, -0.2) is 4.98 Å². The van der Waals surface area contributed by atoms with Crippen LogP contribution in [0.5, 0.6) is 0 Å². The first-order valence-corrected chi connectivity index (χ1v) is 7.83. The second-order valence-corrected chi connectivity index (χ2v) is 5.51. The minimum atomic E-state index is -0.00556. The van der Waals surface area contributed by atoms with Crippen molar-refractivity contribution in [2.45, 2.75) is 32.7 Å². The van der Waals surface area contributed by atoms with Gasteiger partial charge < -0.3 is 15.0 Å². The van der Waals surface area contributed by atoms with Gasteiger partial charge in [0.15, 0.2) is 0 Å². The molecule has 0 radical (unpaired) electrons. The topological polar surface area (TPSA) is 54.5 Å². The van der Waals surface area contributed by atoms with E-state index in [9.17, 15) is 4.79 Å². The molecule has 0 spiro atoms. The average Bonchev–Trinajstić information content (AvgIpc) is 2.51. The summed E-state index contributed by atoms with van der Waals surface area (Å²) in [4.78, 5) is 18.8. The minimum Gasteiger partial charge on any atom is -0.377 e. The molecule has 0 aromatic carbocycles. The number of rotatable bonds is 5. The second kappa shape index (κ2) is 7.61. The van der Waals surface area contributed by atoms with E-state index in [-0.39, 0.29) is 11.9 Å². The molecule has 1 aliphatic heterocycles. The van der Waals surface area contributed by atoms with Crippen molar-refractivity contribution in [1.82, 2.24) is 9.88 Å². The van der Waals surface area contributed by atoms with Gasteiger partial charge in [-0.05, 0) is 25.0 Å². The van der Waals surface area contributed by atoms with Crippen molar-refractivity contribution >= 4 is 23.3 Å². The van der Waals surface area contributed by atoms with Crippen LogP contribution in [-0.2, 0) is 4.74 Å². The zero-order chi connectivity index (χ0) is 15.2. The molecule has 21 heavy (non-hydrogen) atoms. The van der Waals surface area contributed by atoms with E-state index in [1.54, 1.807) is 12.1 Å². The van der Waals surface area contributed by atoms with Crippen molar-refractivity contribution in [2.24, 2.45) is 0 Å². The molecule has 0 aliphatic carbocycles. The molecule has 1 aromatic rings. The summed E-state index contributed by atoms with van der Waals surface area (Å²) in [5, 5.41) is 3.50. The molecule has 1 amide bonds. The number of amides is 1. The molecule has 0 bridgehead atoms. The van der Waals surface area contributed by atoms with Crippen LogP contribution in [0.3, 0.4) is 0 Å². The standard InChI is InChI=1S/C15H22ClN3O2/c1-3-5-17-14-9-11(8-13(16)18-14)15(20)19-6-7-21-10-12(19)4-2/h8-9,12H,3-7,10H2,1-2H3,(H,17,18). The average molecular weight is 312 g/mol. The molecule has 1 atom stereocenters. The monoisotopic (exact) mass is 311 g/mol. The number of pyridine rings is 1. The van der Waals surface area contributed by atoms with Crippen LogP contribution in [0, 0.1) is 0 Å². The van der Waals surface area contributed by atoms with Crippen LogP contribution in [0.15, 0.2) is 12.1 Å². The van der Waals surface area contributed by atoms with Gasteiger partial charge in [0.25, 0.3) is 5.91 Å². The van der Waals surface area contributed by atoms with E-state index in [4.69, 9.17) is 16.3 Å². The minimum absolute atomic E-state index is 0.00556. The maximum absolute atomic E-state index is 12.7. The molecule has 1 aromatic heterocycles. The Labute approximate surface area is 130 Å². The molecule has 1 saturated heterocycles.